The summed E-state index contributed by atoms with van der Waals surface area (Å²) in [6.07, 6.45) is 10.8. The second kappa shape index (κ2) is 7.57. The average Bonchev–Trinajstić information content (AvgIpc) is 3.36. The zero-order chi connectivity index (χ0) is 22.7. The first kappa shape index (κ1) is 21.2. The van der Waals surface area contributed by atoms with E-state index in [-0.39, 0.29) is 28.7 Å². The molecule has 7 rings (SSSR count). The Morgan fingerprint density at radius 3 is 2.42 bits per heavy atom. The van der Waals surface area contributed by atoms with Crippen LogP contribution in [0, 0.1) is 17.3 Å². The lowest BCUT2D eigenvalue weighted by Gasteiger charge is -2.61. The molecular weight excluding hydrogens is 414 g/mol. The number of carbonyl (C=O) groups is 3. The minimum atomic E-state index is -0.648. The average molecular weight is 450 g/mol. The van der Waals surface area contributed by atoms with E-state index in [9.17, 15) is 14.4 Å². The van der Waals surface area contributed by atoms with Gasteiger partial charge in [-0.25, -0.2) is 4.79 Å². The van der Waals surface area contributed by atoms with E-state index >= 15 is 0 Å². The summed E-state index contributed by atoms with van der Waals surface area (Å²) < 4.78 is 0. The van der Waals surface area contributed by atoms with Crippen molar-refractivity contribution < 1.29 is 14.4 Å². The number of imide groups is 1. The number of urea groups is 1. The fourth-order valence-electron chi connectivity index (χ4n) is 8.48. The summed E-state index contributed by atoms with van der Waals surface area (Å²) in [7, 11) is 0. The monoisotopic (exact) mass is 449 g/mol. The highest BCUT2D eigenvalue weighted by Crippen LogP contribution is 2.65. The standard InChI is InChI=1S/C27H35N3O3/c31-22(28-11-6-12-30-23(32)27(29-24(30)33)9-4-5-10-27)26-16-19-13-20(17-26)15-25(14-19,18-26)21-7-2-1-3-8-21/h1-3,7-8,19-20H,4-6,9-18H2,(H,28,31)(H,29,33)/t19-,20+,25?,26?. The maximum absolute atomic E-state index is 13.5. The summed E-state index contributed by atoms with van der Waals surface area (Å²) in [5.41, 5.74) is 0.661. The van der Waals surface area contributed by atoms with Gasteiger partial charge in [0.15, 0.2) is 0 Å². The Hall–Kier alpha value is -2.37. The van der Waals surface area contributed by atoms with Gasteiger partial charge in [0, 0.05) is 13.1 Å². The van der Waals surface area contributed by atoms with Crippen LogP contribution in [0.25, 0.3) is 0 Å². The summed E-state index contributed by atoms with van der Waals surface area (Å²) in [5.74, 6) is 1.42. The van der Waals surface area contributed by atoms with Crippen molar-refractivity contribution in [1.82, 2.24) is 15.5 Å². The lowest BCUT2D eigenvalue weighted by molar-refractivity contribution is -0.149. The smallest absolute Gasteiger partial charge is 0.325 e. The largest absolute Gasteiger partial charge is 0.356 e. The number of amides is 4. The summed E-state index contributed by atoms with van der Waals surface area (Å²) in [6, 6.07) is 10.6. The lowest BCUT2D eigenvalue weighted by Crippen LogP contribution is -2.59. The zero-order valence-corrected chi connectivity index (χ0v) is 19.4. The Bertz CT molecular complexity index is 954. The molecule has 1 heterocycles. The van der Waals surface area contributed by atoms with Crippen LogP contribution >= 0.6 is 0 Å². The van der Waals surface area contributed by atoms with Crippen molar-refractivity contribution in [2.75, 3.05) is 13.1 Å². The quantitative estimate of drug-likeness (QED) is 0.511. The molecule has 176 valence electrons. The fraction of sp³-hybridized carbons (Fsp3) is 0.667. The zero-order valence-electron chi connectivity index (χ0n) is 19.4. The van der Waals surface area contributed by atoms with E-state index in [1.54, 1.807) is 0 Å². The molecule has 6 heteroatoms. The molecule has 0 radical (unpaired) electrons. The molecule has 2 unspecified atom stereocenters. The maximum Gasteiger partial charge on any atom is 0.325 e. The van der Waals surface area contributed by atoms with Gasteiger partial charge in [0.25, 0.3) is 5.91 Å². The molecule has 1 aliphatic heterocycles. The van der Waals surface area contributed by atoms with Crippen LogP contribution in [0.2, 0.25) is 0 Å². The predicted molar refractivity (Wildman–Crippen MR) is 124 cm³/mol. The highest BCUT2D eigenvalue weighted by molar-refractivity contribution is 6.07. The van der Waals surface area contributed by atoms with Crippen LogP contribution in [0.4, 0.5) is 4.79 Å². The number of carbonyl (C=O) groups excluding carboxylic acids is 3. The first-order valence-electron chi connectivity index (χ1n) is 12.9. The molecule has 5 aliphatic carbocycles. The van der Waals surface area contributed by atoms with Crippen LogP contribution in [0.3, 0.4) is 0 Å². The molecule has 4 atom stereocenters. The second-order valence-corrected chi connectivity index (χ2v) is 11.7. The Morgan fingerprint density at radius 1 is 1.03 bits per heavy atom. The Balaban J connectivity index is 1.09. The summed E-state index contributed by atoms with van der Waals surface area (Å²) in [4.78, 5) is 40.1. The number of hydrogen-bond acceptors (Lipinski definition) is 3. The van der Waals surface area contributed by atoms with Crippen molar-refractivity contribution in [3.63, 3.8) is 0 Å². The van der Waals surface area contributed by atoms with E-state index in [0.29, 0.717) is 31.3 Å². The van der Waals surface area contributed by atoms with Crippen molar-refractivity contribution in [3.05, 3.63) is 35.9 Å². The van der Waals surface area contributed by atoms with Gasteiger partial charge in [0.05, 0.1) is 5.41 Å². The lowest BCUT2D eigenvalue weighted by atomic mass is 9.42. The maximum atomic E-state index is 13.5. The Labute approximate surface area is 195 Å². The van der Waals surface area contributed by atoms with E-state index in [1.165, 1.54) is 29.7 Å². The van der Waals surface area contributed by atoms with Crippen molar-refractivity contribution in [1.29, 1.82) is 0 Å². The van der Waals surface area contributed by atoms with Gasteiger partial charge in [-0.05, 0) is 80.6 Å². The van der Waals surface area contributed by atoms with Crippen LogP contribution in [0.15, 0.2) is 30.3 Å². The number of hydrogen-bond donors (Lipinski definition) is 2. The highest BCUT2D eigenvalue weighted by atomic mass is 16.2. The van der Waals surface area contributed by atoms with E-state index in [0.717, 1.165) is 44.9 Å². The van der Waals surface area contributed by atoms with Crippen LogP contribution < -0.4 is 10.6 Å². The van der Waals surface area contributed by atoms with Gasteiger partial charge in [0.1, 0.15) is 5.54 Å². The molecule has 1 saturated heterocycles. The topological polar surface area (TPSA) is 78.5 Å². The van der Waals surface area contributed by atoms with Gasteiger partial charge < -0.3 is 10.6 Å². The molecule has 0 aromatic heterocycles. The number of nitrogens with zero attached hydrogens (tertiary/aromatic N) is 1. The Kier molecular flexibility index (Phi) is 4.86. The molecule has 4 amide bonds. The molecular formula is C27H35N3O3. The summed E-state index contributed by atoms with van der Waals surface area (Å²) in [5, 5.41) is 6.15. The van der Waals surface area contributed by atoms with Gasteiger partial charge in [0.2, 0.25) is 5.91 Å². The third-order valence-electron chi connectivity index (χ3n) is 9.48. The van der Waals surface area contributed by atoms with E-state index in [1.807, 2.05) is 0 Å². The van der Waals surface area contributed by atoms with Crippen molar-refractivity contribution in [3.8, 4) is 0 Å². The molecule has 2 N–H and O–H groups in total. The van der Waals surface area contributed by atoms with Gasteiger partial charge in [-0.3, -0.25) is 14.5 Å². The summed E-state index contributed by atoms with van der Waals surface area (Å²) in [6.45, 7) is 0.886. The van der Waals surface area contributed by atoms with Crippen molar-refractivity contribution >= 4 is 17.8 Å². The second-order valence-electron chi connectivity index (χ2n) is 11.7. The fourth-order valence-corrected chi connectivity index (χ4v) is 8.48. The van der Waals surface area contributed by atoms with Crippen molar-refractivity contribution in [2.45, 2.75) is 81.6 Å². The molecule has 1 aromatic rings. The minimum Gasteiger partial charge on any atom is -0.356 e. The van der Waals surface area contributed by atoms with Gasteiger partial charge in [-0.2, -0.15) is 0 Å². The molecule has 5 saturated carbocycles. The minimum absolute atomic E-state index is 0.0674. The highest BCUT2D eigenvalue weighted by Gasteiger charge is 2.60. The SMILES string of the molecule is O=C1NC2(CCCC2)C(=O)N1CCCNC(=O)C12C[C@H]3C[C@@H](C1)CC(c1ccccc1)(C3)C2. The third-order valence-corrected chi connectivity index (χ3v) is 9.48. The van der Waals surface area contributed by atoms with E-state index in [4.69, 9.17) is 0 Å². The van der Waals surface area contributed by atoms with Crippen molar-refractivity contribution in [2.24, 2.45) is 17.3 Å². The molecule has 1 aromatic carbocycles. The van der Waals surface area contributed by atoms with Gasteiger partial charge in [-0.15, -0.1) is 0 Å². The number of benzene rings is 1. The molecule has 4 bridgehead atoms. The van der Waals surface area contributed by atoms with Crippen LogP contribution in [0.5, 0.6) is 0 Å². The van der Waals surface area contributed by atoms with Crippen LogP contribution in [-0.2, 0) is 15.0 Å². The van der Waals surface area contributed by atoms with Crippen LogP contribution in [0.1, 0.15) is 76.2 Å². The van der Waals surface area contributed by atoms with E-state index < -0.39 is 5.54 Å². The molecule has 6 fully saturated rings. The summed E-state index contributed by atoms with van der Waals surface area (Å²) >= 11 is 0. The first-order chi connectivity index (χ1) is 15.9. The molecule has 6 nitrogen and oxygen atoms in total. The predicted octanol–water partition coefficient (Wildman–Crippen LogP) is 3.90. The third kappa shape index (κ3) is 3.31. The van der Waals surface area contributed by atoms with Gasteiger partial charge >= 0.3 is 6.03 Å². The number of nitrogens with one attached hydrogen (secondary N) is 2. The van der Waals surface area contributed by atoms with Crippen LogP contribution in [-0.4, -0.2) is 41.4 Å². The molecule has 1 spiro atoms. The molecule has 33 heavy (non-hydrogen) atoms. The normalized spacial score (nSPS) is 35.9. The first-order valence-corrected chi connectivity index (χ1v) is 12.9. The number of rotatable bonds is 6. The van der Waals surface area contributed by atoms with Gasteiger partial charge in [-0.1, -0.05) is 43.2 Å². The van der Waals surface area contributed by atoms with E-state index in [2.05, 4.69) is 41.0 Å². The molecule has 6 aliphatic rings. The Morgan fingerprint density at radius 2 is 1.73 bits per heavy atom.